The number of nitrogens with one attached hydrogen (secondary N) is 2. The smallest absolute Gasteiger partial charge is 0.170 e. The predicted octanol–water partition coefficient (Wildman–Crippen LogP) is 3.20. The molecule has 22 heavy (non-hydrogen) atoms. The van der Waals surface area contributed by atoms with E-state index in [9.17, 15) is 4.39 Å². The van der Waals surface area contributed by atoms with E-state index in [-0.39, 0.29) is 5.82 Å². The number of hydrogen-bond acceptors (Lipinski definition) is 3. The first-order valence-corrected chi connectivity index (χ1v) is 7.16. The first kappa shape index (κ1) is 16.0. The molecule has 2 aromatic rings. The lowest BCUT2D eigenvalue weighted by molar-refractivity contribution is 0.298. The van der Waals surface area contributed by atoms with Gasteiger partial charge in [0.05, 0.1) is 13.7 Å². The Morgan fingerprint density at radius 1 is 1.09 bits per heavy atom. The summed E-state index contributed by atoms with van der Waals surface area (Å²) in [6, 6.07) is 13.4. The van der Waals surface area contributed by atoms with Crippen LogP contribution in [0.4, 0.5) is 10.1 Å². The zero-order valence-electron chi connectivity index (χ0n) is 12.1. The summed E-state index contributed by atoms with van der Waals surface area (Å²) in [5.74, 6) is 1.09. The van der Waals surface area contributed by atoms with E-state index in [2.05, 4.69) is 10.6 Å². The zero-order valence-corrected chi connectivity index (χ0v) is 13.0. The lowest BCUT2D eigenvalue weighted by Gasteiger charge is -2.12. The summed E-state index contributed by atoms with van der Waals surface area (Å²) in [6.07, 6.45) is 0. The van der Waals surface area contributed by atoms with Gasteiger partial charge in [0.15, 0.2) is 16.6 Å². The third kappa shape index (κ3) is 4.89. The Kier molecular flexibility index (Phi) is 5.97. The molecule has 0 saturated carbocycles. The highest BCUT2D eigenvalue weighted by atomic mass is 32.1. The Hall–Kier alpha value is -2.34. The molecule has 6 heteroatoms. The molecule has 0 aromatic heterocycles. The molecular weight excluding hydrogens is 303 g/mol. The highest BCUT2D eigenvalue weighted by molar-refractivity contribution is 7.80. The summed E-state index contributed by atoms with van der Waals surface area (Å²) in [5, 5.41) is 6.43. The number of hydrogen-bond donors (Lipinski definition) is 2. The largest absolute Gasteiger partial charge is 0.493 e. The van der Waals surface area contributed by atoms with Crippen LogP contribution in [0.3, 0.4) is 0 Å². The van der Waals surface area contributed by atoms with Gasteiger partial charge in [0.25, 0.3) is 0 Å². The SMILES string of the molecule is COc1ccccc1OCCNC(=S)Nc1ccc(F)cc1. The van der Waals surface area contributed by atoms with Crippen molar-refractivity contribution in [2.75, 3.05) is 25.6 Å². The zero-order chi connectivity index (χ0) is 15.8. The number of methoxy groups -OCH3 is 1. The normalized spacial score (nSPS) is 9.91. The first-order valence-electron chi connectivity index (χ1n) is 6.75. The summed E-state index contributed by atoms with van der Waals surface area (Å²) in [4.78, 5) is 0. The number of anilines is 1. The van der Waals surface area contributed by atoms with Gasteiger partial charge in [-0.1, -0.05) is 12.1 Å². The van der Waals surface area contributed by atoms with Crippen molar-refractivity contribution in [1.29, 1.82) is 0 Å². The Bertz CT molecular complexity index is 620. The highest BCUT2D eigenvalue weighted by Crippen LogP contribution is 2.25. The lowest BCUT2D eigenvalue weighted by Crippen LogP contribution is -2.31. The molecule has 0 aliphatic carbocycles. The average Bonchev–Trinajstić information content (AvgIpc) is 2.54. The maximum Gasteiger partial charge on any atom is 0.170 e. The molecule has 0 aliphatic rings. The third-order valence-electron chi connectivity index (χ3n) is 2.82. The fourth-order valence-corrected chi connectivity index (χ4v) is 1.99. The van der Waals surface area contributed by atoms with Gasteiger partial charge in [0.2, 0.25) is 0 Å². The van der Waals surface area contributed by atoms with E-state index < -0.39 is 0 Å². The molecule has 0 fully saturated rings. The van der Waals surface area contributed by atoms with Crippen molar-refractivity contribution >= 4 is 23.0 Å². The van der Waals surface area contributed by atoms with Crippen LogP contribution in [-0.2, 0) is 0 Å². The molecular formula is C16H17FN2O2S. The van der Waals surface area contributed by atoms with Crippen molar-refractivity contribution in [3.63, 3.8) is 0 Å². The van der Waals surface area contributed by atoms with Crippen molar-refractivity contribution in [1.82, 2.24) is 5.32 Å². The van der Waals surface area contributed by atoms with Gasteiger partial charge in [-0.2, -0.15) is 0 Å². The molecule has 2 rings (SSSR count). The quantitative estimate of drug-likeness (QED) is 0.632. The van der Waals surface area contributed by atoms with Crippen LogP contribution in [0.5, 0.6) is 11.5 Å². The maximum absolute atomic E-state index is 12.8. The van der Waals surface area contributed by atoms with E-state index in [0.717, 1.165) is 5.69 Å². The Morgan fingerprint density at radius 2 is 1.77 bits per heavy atom. The van der Waals surface area contributed by atoms with E-state index in [1.54, 1.807) is 19.2 Å². The van der Waals surface area contributed by atoms with E-state index in [1.165, 1.54) is 12.1 Å². The number of para-hydroxylation sites is 2. The number of thiocarbonyl (C=S) groups is 1. The van der Waals surface area contributed by atoms with E-state index >= 15 is 0 Å². The minimum absolute atomic E-state index is 0.283. The van der Waals surface area contributed by atoms with Gasteiger partial charge in [-0.25, -0.2) is 4.39 Å². The van der Waals surface area contributed by atoms with Crippen molar-refractivity contribution in [2.24, 2.45) is 0 Å². The number of ether oxygens (including phenoxy) is 2. The number of benzene rings is 2. The van der Waals surface area contributed by atoms with E-state index in [0.29, 0.717) is 29.8 Å². The molecule has 0 heterocycles. The molecule has 0 unspecified atom stereocenters. The van der Waals surface area contributed by atoms with Crippen LogP contribution in [0.2, 0.25) is 0 Å². The van der Waals surface area contributed by atoms with Crippen LogP contribution in [0.15, 0.2) is 48.5 Å². The molecule has 0 aliphatic heterocycles. The van der Waals surface area contributed by atoms with Gasteiger partial charge < -0.3 is 20.1 Å². The van der Waals surface area contributed by atoms with Crippen LogP contribution < -0.4 is 20.1 Å². The van der Waals surface area contributed by atoms with E-state index in [4.69, 9.17) is 21.7 Å². The molecule has 0 saturated heterocycles. The monoisotopic (exact) mass is 320 g/mol. The average molecular weight is 320 g/mol. The summed E-state index contributed by atoms with van der Waals surface area (Å²) >= 11 is 5.15. The fraction of sp³-hybridized carbons (Fsp3) is 0.188. The van der Waals surface area contributed by atoms with Crippen molar-refractivity contribution in [3.05, 3.63) is 54.3 Å². The predicted molar refractivity (Wildman–Crippen MR) is 89.1 cm³/mol. The van der Waals surface area contributed by atoms with Crippen molar-refractivity contribution < 1.29 is 13.9 Å². The summed E-state index contributed by atoms with van der Waals surface area (Å²) in [6.45, 7) is 0.969. The van der Waals surface area contributed by atoms with Gasteiger partial charge >= 0.3 is 0 Å². The second-order valence-electron chi connectivity index (χ2n) is 4.39. The molecule has 4 nitrogen and oxygen atoms in total. The molecule has 0 radical (unpaired) electrons. The topological polar surface area (TPSA) is 42.5 Å². The van der Waals surface area contributed by atoms with Crippen LogP contribution in [0.25, 0.3) is 0 Å². The van der Waals surface area contributed by atoms with Gasteiger partial charge in [-0.15, -0.1) is 0 Å². The van der Waals surface area contributed by atoms with Crippen molar-refractivity contribution in [3.8, 4) is 11.5 Å². The Labute approximate surface area is 134 Å². The van der Waals surface area contributed by atoms with Gasteiger partial charge in [-0.05, 0) is 48.6 Å². The van der Waals surface area contributed by atoms with Crippen LogP contribution in [-0.4, -0.2) is 25.4 Å². The summed E-state index contributed by atoms with van der Waals surface area (Å²) in [5.41, 5.74) is 0.726. The molecule has 0 amide bonds. The highest BCUT2D eigenvalue weighted by Gasteiger charge is 2.02. The minimum atomic E-state index is -0.283. The molecule has 116 valence electrons. The second-order valence-corrected chi connectivity index (χ2v) is 4.80. The Balaban J connectivity index is 1.72. The maximum atomic E-state index is 12.8. The summed E-state index contributed by atoms with van der Waals surface area (Å²) < 4.78 is 23.6. The van der Waals surface area contributed by atoms with Crippen LogP contribution in [0, 0.1) is 5.82 Å². The second kappa shape index (κ2) is 8.19. The third-order valence-corrected chi connectivity index (χ3v) is 3.06. The molecule has 0 spiro atoms. The number of rotatable bonds is 6. The minimum Gasteiger partial charge on any atom is -0.493 e. The summed E-state index contributed by atoms with van der Waals surface area (Å²) in [7, 11) is 1.60. The molecule has 0 atom stereocenters. The standard InChI is InChI=1S/C16H17FN2O2S/c1-20-14-4-2-3-5-15(14)21-11-10-18-16(22)19-13-8-6-12(17)7-9-13/h2-9H,10-11H2,1H3,(H2,18,19,22). The van der Waals surface area contributed by atoms with Gasteiger partial charge in [0.1, 0.15) is 12.4 Å². The van der Waals surface area contributed by atoms with Crippen LogP contribution >= 0.6 is 12.2 Å². The van der Waals surface area contributed by atoms with Crippen molar-refractivity contribution in [2.45, 2.75) is 0 Å². The van der Waals surface area contributed by atoms with E-state index in [1.807, 2.05) is 24.3 Å². The first-order chi connectivity index (χ1) is 10.7. The lowest BCUT2D eigenvalue weighted by atomic mass is 10.3. The van der Waals surface area contributed by atoms with Crippen LogP contribution in [0.1, 0.15) is 0 Å². The Morgan fingerprint density at radius 3 is 2.45 bits per heavy atom. The molecule has 2 N–H and O–H groups in total. The van der Waals surface area contributed by atoms with Gasteiger partial charge in [-0.3, -0.25) is 0 Å². The molecule has 2 aromatic carbocycles. The number of halogens is 1. The molecule has 0 bridgehead atoms. The fourth-order valence-electron chi connectivity index (χ4n) is 1.77. The van der Waals surface area contributed by atoms with Gasteiger partial charge in [0, 0.05) is 5.69 Å².